The first-order valence-electron chi connectivity index (χ1n) is 7.47. The van der Waals surface area contributed by atoms with Crippen LogP contribution >= 0.6 is 11.8 Å². The first-order chi connectivity index (χ1) is 11.4. The fourth-order valence-corrected chi connectivity index (χ4v) is 3.33. The number of nitrogens with one attached hydrogen (secondary N) is 1. The van der Waals surface area contributed by atoms with E-state index in [0.717, 1.165) is 5.56 Å². The normalized spacial score (nSPS) is 17.8. The number of aromatic nitrogens is 1. The van der Waals surface area contributed by atoms with Crippen LogP contribution in [0.1, 0.15) is 18.4 Å². The number of carbonyl (C=O) groups is 2. The third kappa shape index (κ3) is 5.70. The van der Waals surface area contributed by atoms with Crippen molar-refractivity contribution in [3.8, 4) is 0 Å². The molecular weight excluding hydrogens is 343 g/mol. The molecule has 5 nitrogen and oxygen atoms in total. The van der Waals surface area contributed by atoms with Crippen LogP contribution in [0, 0.1) is 0 Å². The fourth-order valence-electron chi connectivity index (χ4n) is 2.46. The molecule has 0 unspecified atom stereocenters. The van der Waals surface area contributed by atoms with Gasteiger partial charge in [-0.1, -0.05) is 0 Å². The molecule has 1 aromatic heterocycles. The van der Waals surface area contributed by atoms with Crippen molar-refractivity contribution < 1.29 is 22.8 Å². The van der Waals surface area contributed by atoms with E-state index in [4.69, 9.17) is 0 Å². The number of likely N-dealkylation sites (tertiary alicyclic amines) is 1. The summed E-state index contributed by atoms with van der Waals surface area (Å²) in [6, 6.07) is 2.89. The summed E-state index contributed by atoms with van der Waals surface area (Å²) < 4.78 is 36.6. The number of amides is 2. The number of carbonyl (C=O) groups excluding carboxylic acids is 2. The monoisotopic (exact) mass is 361 g/mol. The van der Waals surface area contributed by atoms with Gasteiger partial charge in [-0.3, -0.25) is 14.6 Å². The van der Waals surface area contributed by atoms with Gasteiger partial charge in [0.05, 0.1) is 5.75 Å². The number of halogens is 3. The average molecular weight is 361 g/mol. The molecule has 2 rings (SSSR count). The Bertz CT molecular complexity index is 569. The highest BCUT2D eigenvalue weighted by Crippen LogP contribution is 2.21. The largest absolute Gasteiger partial charge is 0.405 e. The number of thioether (sulfide) groups is 1. The van der Waals surface area contributed by atoms with Gasteiger partial charge in [0, 0.05) is 24.7 Å². The lowest BCUT2D eigenvalue weighted by atomic mass is 10.2. The Kier molecular flexibility index (Phi) is 6.47. The number of pyridine rings is 1. The minimum Gasteiger partial charge on any atom is -0.345 e. The molecule has 0 aliphatic carbocycles. The lowest BCUT2D eigenvalue weighted by Crippen LogP contribution is -2.48. The second-order valence-electron chi connectivity index (χ2n) is 5.43. The molecule has 0 bridgehead atoms. The predicted octanol–water partition coefficient (Wildman–Crippen LogP) is 1.98. The summed E-state index contributed by atoms with van der Waals surface area (Å²) in [5.41, 5.74) is 1.03. The van der Waals surface area contributed by atoms with Crippen LogP contribution in [0.25, 0.3) is 0 Å². The summed E-state index contributed by atoms with van der Waals surface area (Å²) >= 11 is 1.40. The van der Waals surface area contributed by atoms with Crippen molar-refractivity contribution in [1.82, 2.24) is 15.2 Å². The van der Waals surface area contributed by atoms with Gasteiger partial charge >= 0.3 is 6.18 Å². The van der Waals surface area contributed by atoms with E-state index >= 15 is 0 Å². The maximum atomic E-state index is 12.2. The molecule has 0 radical (unpaired) electrons. The molecule has 0 spiro atoms. The lowest BCUT2D eigenvalue weighted by molar-refractivity contribution is -0.144. The SMILES string of the molecule is O=C(NCC(F)(F)F)[C@@H]1CCCN1C(=O)CSCc1ccncc1. The second-order valence-corrected chi connectivity index (χ2v) is 6.41. The van der Waals surface area contributed by atoms with Crippen molar-refractivity contribution in [2.24, 2.45) is 0 Å². The van der Waals surface area contributed by atoms with Crippen LogP contribution in [-0.2, 0) is 15.3 Å². The number of hydrogen-bond donors (Lipinski definition) is 1. The van der Waals surface area contributed by atoms with E-state index in [1.165, 1.54) is 16.7 Å². The van der Waals surface area contributed by atoms with Crippen molar-refractivity contribution in [2.45, 2.75) is 30.8 Å². The van der Waals surface area contributed by atoms with E-state index in [2.05, 4.69) is 4.98 Å². The van der Waals surface area contributed by atoms with Crippen LogP contribution in [0.5, 0.6) is 0 Å². The summed E-state index contributed by atoms with van der Waals surface area (Å²) in [6.45, 7) is -0.972. The zero-order valence-electron chi connectivity index (χ0n) is 12.9. The molecule has 1 atom stereocenters. The molecule has 1 aromatic rings. The van der Waals surface area contributed by atoms with E-state index in [1.807, 2.05) is 17.4 Å². The molecule has 0 saturated carbocycles. The van der Waals surface area contributed by atoms with Crippen molar-refractivity contribution in [3.05, 3.63) is 30.1 Å². The first kappa shape index (κ1) is 18.6. The highest BCUT2D eigenvalue weighted by Gasteiger charge is 2.36. The quantitative estimate of drug-likeness (QED) is 0.842. The summed E-state index contributed by atoms with van der Waals surface area (Å²) in [5, 5.41) is 1.86. The standard InChI is InChI=1S/C15H18F3N3O2S/c16-15(17,18)10-20-14(23)12-2-1-7-21(12)13(22)9-24-8-11-3-5-19-6-4-11/h3-6,12H,1-2,7-10H2,(H,20,23)/t12-/m0/s1. The van der Waals surface area contributed by atoms with Crippen molar-refractivity contribution >= 4 is 23.6 Å². The van der Waals surface area contributed by atoms with Crippen LogP contribution in [0.3, 0.4) is 0 Å². The number of alkyl halides is 3. The molecule has 1 aliphatic heterocycles. The maximum Gasteiger partial charge on any atom is 0.405 e. The van der Waals surface area contributed by atoms with Crippen molar-refractivity contribution in [2.75, 3.05) is 18.8 Å². The molecule has 2 amide bonds. The van der Waals surface area contributed by atoms with E-state index in [0.29, 0.717) is 25.1 Å². The van der Waals surface area contributed by atoms with Gasteiger partial charge in [-0.05, 0) is 30.5 Å². The van der Waals surface area contributed by atoms with E-state index in [9.17, 15) is 22.8 Å². The first-order valence-corrected chi connectivity index (χ1v) is 8.63. The lowest BCUT2D eigenvalue weighted by Gasteiger charge is -2.24. The average Bonchev–Trinajstić information content (AvgIpc) is 3.02. The third-order valence-electron chi connectivity index (χ3n) is 3.58. The summed E-state index contributed by atoms with van der Waals surface area (Å²) in [7, 11) is 0. The van der Waals surface area contributed by atoms with Crippen LogP contribution in [0.4, 0.5) is 13.2 Å². The molecule has 1 N–H and O–H groups in total. The Balaban J connectivity index is 1.80. The van der Waals surface area contributed by atoms with Gasteiger partial charge in [-0.25, -0.2) is 0 Å². The second kappa shape index (κ2) is 8.36. The Morgan fingerprint density at radius 3 is 2.71 bits per heavy atom. The van der Waals surface area contributed by atoms with E-state index in [1.54, 1.807) is 12.4 Å². The Labute approximate surface area is 142 Å². The molecular formula is C15H18F3N3O2S. The molecule has 9 heteroatoms. The highest BCUT2D eigenvalue weighted by molar-refractivity contribution is 7.99. The zero-order valence-corrected chi connectivity index (χ0v) is 13.7. The number of rotatable bonds is 6. The number of nitrogens with zero attached hydrogens (tertiary/aromatic N) is 2. The van der Waals surface area contributed by atoms with Gasteiger partial charge in [-0.2, -0.15) is 13.2 Å². The van der Waals surface area contributed by atoms with Gasteiger partial charge in [-0.15, -0.1) is 11.8 Å². The molecule has 132 valence electrons. The molecule has 1 saturated heterocycles. The van der Waals surface area contributed by atoms with Crippen LogP contribution in [0.2, 0.25) is 0 Å². The third-order valence-corrected chi connectivity index (χ3v) is 4.57. The molecule has 24 heavy (non-hydrogen) atoms. The molecule has 1 aliphatic rings. The van der Waals surface area contributed by atoms with Crippen molar-refractivity contribution in [3.63, 3.8) is 0 Å². The van der Waals surface area contributed by atoms with Gasteiger partial charge < -0.3 is 10.2 Å². The van der Waals surface area contributed by atoms with E-state index in [-0.39, 0.29) is 11.7 Å². The van der Waals surface area contributed by atoms with Crippen LogP contribution in [0.15, 0.2) is 24.5 Å². The van der Waals surface area contributed by atoms with Gasteiger partial charge in [0.1, 0.15) is 12.6 Å². The van der Waals surface area contributed by atoms with Gasteiger partial charge in [0.2, 0.25) is 11.8 Å². The van der Waals surface area contributed by atoms with Gasteiger partial charge in [0.25, 0.3) is 0 Å². The molecule has 2 heterocycles. The fraction of sp³-hybridized carbons (Fsp3) is 0.533. The Hall–Kier alpha value is -1.77. The molecule has 1 fully saturated rings. The number of hydrogen-bond acceptors (Lipinski definition) is 4. The molecule has 0 aromatic carbocycles. The maximum absolute atomic E-state index is 12.2. The van der Waals surface area contributed by atoms with Crippen LogP contribution < -0.4 is 5.32 Å². The minimum atomic E-state index is -4.45. The Morgan fingerprint density at radius 1 is 1.33 bits per heavy atom. The van der Waals surface area contributed by atoms with Gasteiger partial charge in [0.15, 0.2) is 0 Å². The highest BCUT2D eigenvalue weighted by atomic mass is 32.2. The summed E-state index contributed by atoms with van der Waals surface area (Å²) in [4.78, 5) is 29.4. The van der Waals surface area contributed by atoms with Crippen molar-refractivity contribution in [1.29, 1.82) is 0 Å². The van der Waals surface area contributed by atoms with E-state index < -0.39 is 24.7 Å². The smallest absolute Gasteiger partial charge is 0.345 e. The predicted molar refractivity (Wildman–Crippen MR) is 84.2 cm³/mol. The minimum absolute atomic E-state index is 0.186. The summed E-state index contributed by atoms with van der Waals surface area (Å²) in [5.74, 6) is -0.144. The topological polar surface area (TPSA) is 62.3 Å². The Morgan fingerprint density at radius 2 is 2.04 bits per heavy atom. The van der Waals surface area contributed by atoms with Crippen LogP contribution in [-0.4, -0.2) is 52.8 Å². The zero-order chi connectivity index (χ0) is 17.6. The summed E-state index contributed by atoms with van der Waals surface area (Å²) in [6.07, 6.45) is -0.114.